The Kier molecular flexibility index (Phi) is 5.48. The van der Waals surface area contributed by atoms with Gasteiger partial charge in [0.05, 0.1) is 5.69 Å². The van der Waals surface area contributed by atoms with E-state index in [0.29, 0.717) is 31.1 Å². The van der Waals surface area contributed by atoms with Gasteiger partial charge in [0.25, 0.3) is 5.91 Å². The number of hydrogen-bond donors (Lipinski definition) is 1. The summed E-state index contributed by atoms with van der Waals surface area (Å²) in [6.45, 7) is 1.37. The van der Waals surface area contributed by atoms with Crippen molar-refractivity contribution in [3.8, 4) is 16.3 Å². The van der Waals surface area contributed by atoms with Gasteiger partial charge in [0, 0.05) is 32.1 Å². The van der Waals surface area contributed by atoms with Crippen molar-refractivity contribution >= 4 is 17.2 Å². The summed E-state index contributed by atoms with van der Waals surface area (Å²) in [5.41, 5.74) is 2.19. The lowest BCUT2D eigenvalue weighted by molar-refractivity contribution is 0.0678. The number of carbonyl (C=O) groups excluding carboxylic acids is 1. The predicted octanol–water partition coefficient (Wildman–Crippen LogP) is 3.12. The van der Waals surface area contributed by atoms with E-state index in [0.717, 1.165) is 34.9 Å². The summed E-state index contributed by atoms with van der Waals surface area (Å²) in [5, 5.41) is 14.2. The number of amides is 1. The lowest BCUT2D eigenvalue weighted by atomic mass is 9.93. The molecule has 1 aromatic carbocycles. The maximum absolute atomic E-state index is 13.1. The molecule has 4 aromatic rings. The Morgan fingerprint density at radius 2 is 1.94 bits per heavy atom. The van der Waals surface area contributed by atoms with Gasteiger partial charge in [-0.25, -0.2) is 14.5 Å². The number of aromatic nitrogens is 5. The van der Waals surface area contributed by atoms with Crippen LogP contribution in [0, 0.1) is 5.92 Å². The van der Waals surface area contributed by atoms with Crippen LogP contribution in [-0.4, -0.2) is 48.4 Å². The van der Waals surface area contributed by atoms with Gasteiger partial charge < -0.3 is 4.90 Å². The third kappa shape index (κ3) is 3.91. The lowest BCUT2D eigenvalue weighted by Gasteiger charge is -2.31. The van der Waals surface area contributed by atoms with Crippen LogP contribution in [0.5, 0.6) is 0 Å². The Morgan fingerprint density at radius 1 is 1.16 bits per heavy atom. The van der Waals surface area contributed by atoms with Gasteiger partial charge in [-0.1, -0.05) is 30.3 Å². The summed E-state index contributed by atoms with van der Waals surface area (Å²) in [4.78, 5) is 27.3. The molecule has 1 aliphatic heterocycles. The highest BCUT2D eigenvalue weighted by atomic mass is 32.1. The Balaban J connectivity index is 1.25. The first-order valence-electron chi connectivity index (χ1n) is 10.7. The number of piperidine rings is 1. The molecule has 0 radical (unpaired) electrons. The normalized spacial score (nSPS) is 14.7. The molecular formula is C23H24N6O2S. The first-order chi connectivity index (χ1) is 15.6. The second-order valence-electron chi connectivity index (χ2n) is 8.08. The van der Waals surface area contributed by atoms with Crippen LogP contribution < -0.4 is 5.69 Å². The van der Waals surface area contributed by atoms with E-state index >= 15 is 0 Å². The van der Waals surface area contributed by atoms with Crippen molar-refractivity contribution in [2.75, 3.05) is 13.1 Å². The van der Waals surface area contributed by atoms with Crippen molar-refractivity contribution in [1.82, 2.24) is 29.4 Å². The molecule has 164 valence electrons. The molecule has 1 fully saturated rings. The number of nitrogens with one attached hydrogen (secondary N) is 1. The molecule has 5 rings (SSSR count). The Hall–Kier alpha value is -3.46. The molecule has 4 heterocycles. The molecule has 0 unspecified atom stereocenters. The standard InChI is InChI=1S/C23H24N6O2S/c1-27-19(15-18(26-27)17-6-3-2-4-7-17)22(30)28-11-9-16(10-12-28)14-20-24-25-23(31)29(20)21-8-5-13-32-21/h2-8,13,15-16H,9-12,14H2,1H3,(H,25,31). The molecule has 1 aliphatic rings. The van der Waals surface area contributed by atoms with E-state index in [2.05, 4.69) is 15.3 Å². The average molecular weight is 449 g/mol. The van der Waals surface area contributed by atoms with E-state index in [1.807, 2.05) is 65.9 Å². The zero-order valence-electron chi connectivity index (χ0n) is 17.8. The maximum Gasteiger partial charge on any atom is 0.348 e. The fourth-order valence-electron chi connectivity index (χ4n) is 4.27. The van der Waals surface area contributed by atoms with Crippen LogP contribution in [0.25, 0.3) is 16.3 Å². The zero-order valence-corrected chi connectivity index (χ0v) is 18.6. The number of benzene rings is 1. The van der Waals surface area contributed by atoms with E-state index in [1.165, 1.54) is 11.3 Å². The van der Waals surface area contributed by atoms with Crippen LogP contribution >= 0.6 is 11.3 Å². The van der Waals surface area contributed by atoms with Gasteiger partial charge in [-0.2, -0.15) is 10.2 Å². The summed E-state index contributed by atoms with van der Waals surface area (Å²) in [6.07, 6.45) is 2.46. The smallest absolute Gasteiger partial charge is 0.337 e. The highest BCUT2D eigenvalue weighted by Gasteiger charge is 2.27. The number of carbonyl (C=O) groups is 1. The molecule has 1 N–H and O–H groups in total. The van der Waals surface area contributed by atoms with E-state index < -0.39 is 0 Å². The molecule has 1 saturated heterocycles. The molecule has 9 heteroatoms. The Morgan fingerprint density at radius 3 is 2.66 bits per heavy atom. The van der Waals surface area contributed by atoms with Gasteiger partial charge in [-0.05, 0) is 42.3 Å². The second-order valence-corrected chi connectivity index (χ2v) is 9.00. The van der Waals surface area contributed by atoms with E-state index in [1.54, 1.807) is 9.25 Å². The van der Waals surface area contributed by atoms with Crippen LogP contribution in [0.1, 0.15) is 29.2 Å². The average Bonchev–Trinajstić information content (AvgIpc) is 3.55. The Labute approximate surface area is 189 Å². The van der Waals surface area contributed by atoms with Crippen LogP contribution in [0.4, 0.5) is 0 Å². The molecule has 1 amide bonds. The van der Waals surface area contributed by atoms with Crippen molar-refractivity contribution in [3.63, 3.8) is 0 Å². The van der Waals surface area contributed by atoms with Gasteiger partial charge in [-0.3, -0.25) is 9.48 Å². The van der Waals surface area contributed by atoms with Gasteiger partial charge >= 0.3 is 5.69 Å². The third-order valence-corrected chi connectivity index (χ3v) is 6.86. The Bertz CT molecular complexity index is 1260. The number of likely N-dealkylation sites (tertiary alicyclic amines) is 1. The van der Waals surface area contributed by atoms with E-state index in [9.17, 15) is 9.59 Å². The summed E-state index contributed by atoms with van der Waals surface area (Å²) in [6, 6.07) is 15.6. The van der Waals surface area contributed by atoms with Crippen LogP contribution in [0.2, 0.25) is 0 Å². The van der Waals surface area contributed by atoms with Crippen molar-refractivity contribution in [3.05, 3.63) is 75.9 Å². The highest BCUT2D eigenvalue weighted by Crippen LogP contribution is 2.25. The number of aryl methyl sites for hydroxylation is 1. The van der Waals surface area contributed by atoms with Gasteiger partial charge in [0.15, 0.2) is 0 Å². The summed E-state index contributed by atoms with van der Waals surface area (Å²) >= 11 is 1.52. The van der Waals surface area contributed by atoms with E-state index in [4.69, 9.17) is 0 Å². The van der Waals surface area contributed by atoms with Crippen molar-refractivity contribution in [2.45, 2.75) is 19.3 Å². The van der Waals surface area contributed by atoms with Crippen LogP contribution in [0.3, 0.4) is 0 Å². The topological polar surface area (TPSA) is 88.8 Å². The number of hydrogen-bond acceptors (Lipinski definition) is 5. The third-order valence-electron chi connectivity index (χ3n) is 6.01. The number of nitrogens with zero attached hydrogens (tertiary/aromatic N) is 5. The van der Waals surface area contributed by atoms with Gasteiger partial charge in [0.2, 0.25) is 0 Å². The quantitative estimate of drug-likeness (QED) is 0.508. The maximum atomic E-state index is 13.1. The van der Waals surface area contributed by atoms with Gasteiger partial charge in [0.1, 0.15) is 16.5 Å². The minimum atomic E-state index is -0.208. The lowest BCUT2D eigenvalue weighted by Crippen LogP contribution is -2.39. The fraction of sp³-hybridized carbons (Fsp3) is 0.304. The molecular weight excluding hydrogens is 424 g/mol. The summed E-state index contributed by atoms with van der Waals surface area (Å²) < 4.78 is 3.32. The van der Waals surface area contributed by atoms with Crippen molar-refractivity contribution in [1.29, 1.82) is 0 Å². The number of aromatic amines is 1. The molecule has 0 spiro atoms. The summed E-state index contributed by atoms with van der Waals surface area (Å²) in [5.74, 6) is 1.14. The molecule has 0 saturated carbocycles. The molecule has 3 aromatic heterocycles. The first kappa shape index (κ1) is 20.4. The minimum Gasteiger partial charge on any atom is -0.337 e. The second kappa shape index (κ2) is 8.58. The molecule has 0 bridgehead atoms. The van der Waals surface area contributed by atoms with E-state index in [-0.39, 0.29) is 11.6 Å². The monoisotopic (exact) mass is 448 g/mol. The molecule has 0 atom stereocenters. The number of H-pyrrole nitrogens is 1. The highest BCUT2D eigenvalue weighted by molar-refractivity contribution is 7.12. The number of rotatable bonds is 5. The predicted molar refractivity (Wildman–Crippen MR) is 123 cm³/mol. The van der Waals surface area contributed by atoms with Gasteiger partial charge in [-0.15, -0.1) is 11.3 Å². The zero-order chi connectivity index (χ0) is 22.1. The van der Waals surface area contributed by atoms with Crippen LogP contribution in [-0.2, 0) is 13.5 Å². The minimum absolute atomic E-state index is 0.0101. The molecule has 0 aliphatic carbocycles. The summed E-state index contributed by atoms with van der Waals surface area (Å²) in [7, 11) is 1.81. The first-order valence-corrected chi connectivity index (χ1v) is 11.6. The van der Waals surface area contributed by atoms with Crippen LogP contribution in [0.15, 0.2) is 58.7 Å². The molecule has 32 heavy (non-hydrogen) atoms. The van der Waals surface area contributed by atoms with Crippen molar-refractivity contribution in [2.24, 2.45) is 13.0 Å². The fourth-order valence-corrected chi connectivity index (χ4v) is 5.02. The SMILES string of the molecule is Cn1nc(-c2ccccc2)cc1C(=O)N1CCC(Cc2n[nH]c(=O)n2-c2cccs2)CC1. The molecule has 8 nitrogen and oxygen atoms in total. The largest absolute Gasteiger partial charge is 0.348 e. The number of thiophene rings is 1. The van der Waals surface area contributed by atoms with Crippen molar-refractivity contribution < 1.29 is 4.79 Å².